The quantitative estimate of drug-likeness (QED) is 0.320. The molecule has 0 radical (unpaired) electrons. The molecule has 1 aliphatic rings. The van der Waals surface area contributed by atoms with Gasteiger partial charge < -0.3 is 4.74 Å². The molecule has 0 amide bonds. The topological polar surface area (TPSA) is 85.2 Å². The standard InChI is InChI=1S/C12H18N2O2.C6H12O2/c1-11(2)4-10(14-9-16)5-12(3,6-11)7-13-8-15;1-3-4-5-8-6(2)7/h10H,4-7H2,1-3H3;3-5H2,1-2H3. The Balaban J connectivity index is 0.000000561. The van der Waals surface area contributed by atoms with Gasteiger partial charge in [0.15, 0.2) is 0 Å². The number of unbranched alkanes of at least 4 members (excludes halogenated alkanes) is 1. The molecule has 0 aromatic rings. The Labute approximate surface area is 144 Å². The van der Waals surface area contributed by atoms with Crippen LogP contribution < -0.4 is 0 Å². The van der Waals surface area contributed by atoms with Crippen LogP contribution in [0.3, 0.4) is 0 Å². The molecule has 1 rings (SSSR count). The predicted octanol–water partition coefficient (Wildman–Crippen LogP) is 3.59. The van der Waals surface area contributed by atoms with E-state index in [1.54, 1.807) is 12.2 Å². The molecule has 6 nitrogen and oxygen atoms in total. The summed E-state index contributed by atoms with van der Waals surface area (Å²) in [5, 5.41) is 0. The Hall–Kier alpha value is -1.77. The van der Waals surface area contributed by atoms with E-state index in [-0.39, 0.29) is 22.8 Å². The summed E-state index contributed by atoms with van der Waals surface area (Å²) >= 11 is 0. The first-order chi connectivity index (χ1) is 11.2. The molecule has 1 aliphatic carbocycles. The molecule has 136 valence electrons. The summed E-state index contributed by atoms with van der Waals surface area (Å²) in [5.41, 5.74) is 0.0561. The van der Waals surface area contributed by atoms with Crippen LogP contribution in [0.1, 0.15) is 66.7 Å². The van der Waals surface area contributed by atoms with Crippen molar-refractivity contribution in [3.8, 4) is 0 Å². The first kappa shape index (κ1) is 22.2. The zero-order valence-electron chi connectivity index (χ0n) is 15.6. The highest BCUT2D eigenvalue weighted by molar-refractivity contribution is 5.65. The number of carbonyl (C=O) groups is 1. The number of hydrogen-bond donors (Lipinski definition) is 0. The Morgan fingerprint density at radius 1 is 1.21 bits per heavy atom. The van der Waals surface area contributed by atoms with Crippen molar-refractivity contribution in [3.05, 3.63) is 0 Å². The second kappa shape index (κ2) is 10.9. The fourth-order valence-corrected chi connectivity index (χ4v) is 3.45. The molecule has 2 unspecified atom stereocenters. The largest absolute Gasteiger partial charge is 0.466 e. The number of carbonyl (C=O) groups excluding carboxylic acids is 3. The van der Waals surface area contributed by atoms with E-state index < -0.39 is 0 Å². The van der Waals surface area contributed by atoms with Crippen LogP contribution in [0, 0.1) is 10.8 Å². The van der Waals surface area contributed by atoms with Gasteiger partial charge in [0, 0.05) is 6.92 Å². The summed E-state index contributed by atoms with van der Waals surface area (Å²) in [6.07, 6.45) is 7.93. The van der Waals surface area contributed by atoms with Crippen molar-refractivity contribution in [3.63, 3.8) is 0 Å². The molecule has 0 saturated heterocycles. The van der Waals surface area contributed by atoms with Crippen LogP contribution in [0.25, 0.3) is 0 Å². The van der Waals surface area contributed by atoms with Gasteiger partial charge in [-0.25, -0.2) is 19.6 Å². The lowest BCUT2D eigenvalue weighted by Gasteiger charge is -2.44. The maximum absolute atomic E-state index is 10.3. The zero-order valence-corrected chi connectivity index (χ0v) is 15.6. The zero-order chi connectivity index (χ0) is 18.6. The number of rotatable bonds is 6. The van der Waals surface area contributed by atoms with Gasteiger partial charge in [-0.1, -0.05) is 34.1 Å². The van der Waals surface area contributed by atoms with E-state index >= 15 is 0 Å². The van der Waals surface area contributed by atoms with Gasteiger partial charge in [0.25, 0.3) is 0 Å². The maximum atomic E-state index is 10.3. The van der Waals surface area contributed by atoms with Crippen molar-refractivity contribution in [2.24, 2.45) is 20.8 Å². The van der Waals surface area contributed by atoms with Gasteiger partial charge in [0.2, 0.25) is 12.2 Å². The molecule has 0 N–H and O–H groups in total. The Kier molecular flexibility index (Phi) is 10.1. The molecule has 0 aliphatic heterocycles. The van der Waals surface area contributed by atoms with Crippen molar-refractivity contribution in [1.82, 2.24) is 0 Å². The minimum Gasteiger partial charge on any atom is -0.466 e. The van der Waals surface area contributed by atoms with E-state index in [0.29, 0.717) is 13.2 Å². The van der Waals surface area contributed by atoms with Gasteiger partial charge in [-0.3, -0.25) is 4.79 Å². The minimum absolute atomic E-state index is 0.00750. The SMILES string of the molecule is CC1(C)CC(N=C=O)CC(C)(CN=C=O)C1.CCCCOC(C)=O. The highest BCUT2D eigenvalue weighted by Crippen LogP contribution is 2.47. The van der Waals surface area contributed by atoms with E-state index in [1.165, 1.54) is 6.92 Å². The summed E-state index contributed by atoms with van der Waals surface area (Å²) in [4.78, 5) is 38.1. The summed E-state index contributed by atoms with van der Waals surface area (Å²) in [6.45, 7) is 10.9. The third-order valence-electron chi connectivity index (χ3n) is 3.99. The average Bonchev–Trinajstić information content (AvgIpc) is 2.44. The van der Waals surface area contributed by atoms with E-state index in [0.717, 1.165) is 32.1 Å². The lowest BCUT2D eigenvalue weighted by atomic mass is 9.63. The first-order valence-electron chi connectivity index (χ1n) is 8.42. The van der Waals surface area contributed by atoms with Crippen LogP contribution in [0.4, 0.5) is 0 Å². The summed E-state index contributed by atoms with van der Waals surface area (Å²) < 4.78 is 4.64. The minimum atomic E-state index is -0.182. The molecule has 6 heteroatoms. The molecule has 0 aromatic heterocycles. The van der Waals surface area contributed by atoms with E-state index in [4.69, 9.17) is 0 Å². The summed E-state index contributed by atoms with van der Waals surface area (Å²) in [5.74, 6) is -0.182. The smallest absolute Gasteiger partial charge is 0.302 e. The van der Waals surface area contributed by atoms with Gasteiger partial charge >= 0.3 is 5.97 Å². The van der Waals surface area contributed by atoms with Gasteiger partial charge in [0.05, 0.1) is 19.2 Å². The van der Waals surface area contributed by atoms with Crippen LogP contribution in [0.2, 0.25) is 0 Å². The number of aliphatic imine (C=N–C) groups is 2. The van der Waals surface area contributed by atoms with Crippen molar-refractivity contribution >= 4 is 18.1 Å². The second-order valence-corrected chi connectivity index (χ2v) is 7.54. The van der Waals surface area contributed by atoms with Crippen LogP contribution in [-0.4, -0.2) is 37.3 Å². The lowest BCUT2D eigenvalue weighted by Crippen LogP contribution is -2.39. The lowest BCUT2D eigenvalue weighted by molar-refractivity contribution is -0.141. The van der Waals surface area contributed by atoms with E-state index in [1.807, 2.05) is 0 Å². The van der Waals surface area contributed by atoms with Crippen LogP contribution in [0.15, 0.2) is 9.98 Å². The Morgan fingerprint density at radius 2 is 1.88 bits per heavy atom. The first-order valence-corrected chi connectivity index (χ1v) is 8.42. The van der Waals surface area contributed by atoms with Crippen LogP contribution >= 0.6 is 0 Å². The molecule has 0 heterocycles. The molecule has 1 fully saturated rings. The van der Waals surface area contributed by atoms with Gasteiger partial charge in [-0.05, 0) is 36.5 Å². The fourth-order valence-electron chi connectivity index (χ4n) is 3.45. The van der Waals surface area contributed by atoms with E-state index in [9.17, 15) is 14.4 Å². The number of esters is 1. The normalized spacial score (nSPS) is 24.5. The molecular weight excluding hydrogens is 308 g/mol. The number of isocyanates is 2. The van der Waals surface area contributed by atoms with Crippen molar-refractivity contribution in [2.75, 3.05) is 13.2 Å². The van der Waals surface area contributed by atoms with Crippen molar-refractivity contribution < 1.29 is 19.1 Å². The summed E-state index contributed by atoms with van der Waals surface area (Å²) in [7, 11) is 0. The molecule has 0 bridgehead atoms. The second-order valence-electron chi connectivity index (χ2n) is 7.54. The van der Waals surface area contributed by atoms with Crippen molar-refractivity contribution in [1.29, 1.82) is 0 Å². The fraction of sp³-hybridized carbons (Fsp3) is 0.833. The van der Waals surface area contributed by atoms with Crippen LogP contribution in [-0.2, 0) is 19.1 Å². The molecule has 1 saturated carbocycles. The highest BCUT2D eigenvalue weighted by atomic mass is 16.5. The number of ether oxygens (including phenoxy) is 1. The van der Waals surface area contributed by atoms with Gasteiger partial charge in [-0.15, -0.1) is 0 Å². The molecule has 0 aromatic carbocycles. The summed E-state index contributed by atoms with van der Waals surface area (Å²) in [6, 6.07) is 0.00750. The Bertz CT molecular complexity index is 491. The third kappa shape index (κ3) is 10.1. The number of hydrogen-bond acceptors (Lipinski definition) is 6. The molecule has 2 atom stereocenters. The number of nitrogens with zero attached hydrogens (tertiary/aromatic N) is 2. The Morgan fingerprint density at radius 3 is 2.38 bits per heavy atom. The molecule has 0 spiro atoms. The van der Waals surface area contributed by atoms with E-state index in [2.05, 4.69) is 42.4 Å². The monoisotopic (exact) mass is 338 g/mol. The highest BCUT2D eigenvalue weighted by Gasteiger charge is 2.41. The van der Waals surface area contributed by atoms with Crippen molar-refractivity contribution in [2.45, 2.75) is 72.8 Å². The third-order valence-corrected chi connectivity index (χ3v) is 3.99. The van der Waals surface area contributed by atoms with Crippen LogP contribution in [0.5, 0.6) is 0 Å². The molecule has 24 heavy (non-hydrogen) atoms. The van der Waals surface area contributed by atoms with Gasteiger partial charge in [-0.2, -0.15) is 0 Å². The average molecular weight is 338 g/mol. The predicted molar refractivity (Wildman–Crippen MR) is 92.2 cm³/mol. The molecular formula is C18H30N2O4. The maximum Gasteiger partial charge on any atom is 0.302 e. The van der Waals surface area contributed by atoms with Gasteiger partial charge in [0.1, 0.15) is 0 Å².